The molecule has 0 spiro atoms. The van der Waals surface area contributed by atoms with Gasteiger partial charge in [-0.15, -0.1) is 11.3 Å². The molecule has 19 heavy (non-hydrogen) atoms. The highest BCUT2D eigenvalue weighted by Crippen LogP contribution is 2.25. The van der Waals surface area contributed by atoms with Crippen molar-refractivity contribution in [3.05, 3.63) is 29.0 Å². The summed E-state index contributed by atoms with van der Waals surface area (Å²) in [5.41, 5.74) is 0.459. The first-order valence-electron chi connectivity index (χ1n) is 6.47. The molecule has 2 heterocycles. The Kier molecular flexibility index (Phi) is 4.37. The van der Waals surface area contributed by atoms with Gasteiger partial charge in [-0.25, -0.2) is 4.98 Å². The van der Waals surface area contributed by atoms with E-state index >= 15 is 0 Å². The number of furan rings is 1. The Balaban J connectivity index is 2.10. The predicted octanol–water partition coefficient (Wildman–Crippen LogP) is 3.63. The summed E-state index contributed by atoms with van der Waals surface area (Å²) in [4.78, 5) is 16.4. The second-order valence-electron chi connectivity index (χ2n) is 4.44. The zero-order chi connectivity index (χ0) is 13.8. The number of carbonyl (C=O) groups is 1. The lowest BCUT2D eigenvalue weighted by molar-refractivity contribution is 0.0930. The van der Waals surface area contributed by atoms with Gasteiger partial charge in [-0.1, -0.05) is 13.8 Å². The third-order valence-corrected chi connectivity index (χ3v) is 3.87. The van der Waals surface area contributed by atoms with Crippen molar-refractivity contribution in [2.45, 2.75) is 39.7 Å². The molecule has 1 amide bonds. The highest BCUT2D eigenvalue weighted by atomic mass is 32.1. The number of thiazole rings is 1. The van der Waals surface area contributed by atoms with Crippen molar-refractivity contribution in [2.75, 3.05) is 0 Å². The maximum absolute atomic E-state index is 12.0. The van der Waals surface area contributed by atoms with E-state index in [9.17, 15) is 4.79 Å². The van der Waals surface area contributed by atoms with E-state index in [-0.39, 0.29) is 11.9 Å². The van der Waals surface area contributed by atoms with E-state index in [0.717, 1.165) is 23.6 Å². The summed E-state index contributed by atoms with van der Waals surface area (Å²) >= 11 is 1.42. The second kappa shape index (κ2) is 6.02. The lowest BCUT2D eigenvalue weighted by Gasteiger charge is -2.13. The van der Waals surface area contributed by atoms with Crippen LogP contribution in [-0.2, 0) is 0 Å². The molecule has 0 saturated heterocycles. The molecule has 0 radical (unpaired) electrons. The Hall–Kier alpha value is -1.62. The molecule has 5 heteroatoms. The number of hydrogen-bond acceptors (Lipinski definition) is 4. The van der Waals surface area contributed by atoms with E-state index < -0.39 is 0 Å². The number of carbonyl (C=O) groups excluding carboxylic acids is 1. The van der Waals surface area contributed by atoms with Crippen molar-refractivity contribution < 1.29 is 9.21 Å². The lowest BCUT2D eigenvalue weighted by atomic mass is 10.2. The fourth-order valence-electron chi connectivity index (χ4n) is 1.79. The third kappa shape index (κ3) is 3.23. The van der Waals surface area contributed by atoms with Gasteiger partial charge in [-0.2, -0.15) is 0 Å². The standard InChI is InChI=1S/C14H18N2O2S/c1-4-10(5-2)15-13(17)11-8-19-14(16-11)12-7-6-9(3)18-12/h6-8,10H,4-5H2,1-3H3,(H,15,17). The normalized spacial score (nSPS) is 10.9. The fourth-order valence-corrected chi connectivity index (χ4v) is 2.55. The summed E-state index contributed by atoms with van der Waals surface area (Å²) in [6, 6.07) is 3.97. The summed E-state index contributed by atoms with van der Waals surface area (Å²) in [7, 11) is 0. The summed E-state index contributed by atoms with van der Waals surface area (Å²) in [5.74, 6) is 1.44. The van der Waals surface area contributed by atoms with Crippen LogP contribution >= 0.6 is 11.3 Å². The van der Waals surface area contributed by atoms with Crippen LogP contribution in [0, 0.1) is 6.92 Å². The molecule has 2 rings (SSSR count). The molecule has 0 aliphatic rings. The van der Waals surface area contributed by atoms with Crippen molar-refractivity contribution >= 4 is 17.2 Å². The summed E-state index contributed by atoms with van der Waals surface area (Å²) in [5, 5.41) is 5.48. The minimum Gasteiger partial charge on any atom is -0.459 e. The average molecular weight is 278 g/mol. The lowest BCUT2D eigenvalue weighted by Crippen LogP contribution is -2.33. The number of hydrogen-bond donors (Lipinski definition) is 1. The summed E-state index contributed by atoms with van der Waals surface area (Å²) in [6.45, 7) is 6.01. The highest BCUT2D eigenvalue weighted by molar-refractivity contribution is 7.13. The molecule has 0 atom stereocenters. The van der Waals surface area contributed by atoms with Crippen LogP contribution in [0.25, 0.3) is 10.8 Å². The number of nitrogens with one attached hydrogen (secondary N) is 1. The monoisotopic (exact) mass is 278 g/mol. The van der Waals surface area contributed by atoms with E-state index in [2.05, 4.69) is 24.1 Å². The number of aromatic nitrogens is 1. The molecular formula is C14H18N2O2S. The zero-order valence-corrected chi connectivity index (χ0v) is 12.2. The molecule has 0 bridgehead atoms. The maximum Gasteiger partial charge on any atom is 0.270 e. The van der Waals surface area contributed by atoms with Crippen LogP contribution in [-0.4, -0.2) is 16.9 Å². The van der Waals surface area contributed by atoms with Crippen molar-refractivity contribution in [1.29, 1.82) is 0 Å². The molecule has 0 aliphatic heterocycles. The van der Waals surface area contributed by atoms with Gasteiger partial charge in [-0.3, -0.25) is 4.79 Å². The largest absolute Gasteiger partial charge is 0.459 e. The predicted molar refractivity (Wildman–Crippen MR) is 76.4 cm³/mol. The minimum absolute atomic E-state index is 0.112. The SMILES string of the molecule is CCC(CC)NC(=O)c1csc(-c2ccc(C)o2)n1. The number of aryl methyl sites for hydroxylation is 1. The first-order valence-corrected chi connectivity index (χ1v) is 7.35. The molecule has 0 aliphatic carbocycles. The third-order valence-electron chi connectivity index (χ3n) is 3.01. The van der Waals surface area contributed by atoms with Crippen LogP contribution in [0.15, 0.2) is 21.9 Å². The van der Waals surface area contributed by atoms with Crippen molar-refractivity contribution in [1.82, 2.24) is 10.3 Å². The molecular weight excluding hydrogens is 260 g/mol. The Morgan fingerprint density at radius 2 is 2.16 bits per heavy atom. The smallest absolute Gasteiger partial charge is 0.270 e. The molecule has 1 N–H and O–H groups in total. The van der Waals surface area contributed by atoms with Crippen molar-refractivity contribution in [3.63, 3.8) is 0 Å². The fraction of sp³-hybridized carbons (Fsp3) is 0.429. The van der Waals surface area contributed by atoms with Gasteiger partial charge in [0.25, 0.3) is 5.91 Å². The van der Waals surface area contributed by atoms with Gasteiger partial charge >= 0.3 is 0 Å². The molecule has 0 aromatic carbocycles. The van der Waals surface area contributed by atoms with Crippen molar-refractivity contribution in [2.24, 2.45) is 0 Å². The highest BCUT2D eigenvalue weighted by Gasteiger charge is 2.15. The summed E-state index contributed by atoms with van der Waals surface area (Å²) in [6.07, 6.45) is 1.85. The van der Waals surface area contributed by atoms with Crippen LogP contribution in [0.2, 0.25) is 0 Å². The average Bonchev–Trinajstić information content (AvgIpc) is 3.04. The van der Waals surface area contributed by atoms with Gasteiger partial charge in [0.05, 0.1) is 0 Å². The van der Waals surface area contributed by atoms with Crippen LogP contribution in [0.1, 0.15) is 42.9 Å². The van der Waals surface area contributed by atoms with Gasteiger partial charge in [0.1, 0.15) is 11.5 Å². The quantitative estimate of drug-likeness (QED) is 0.908. The number of nitrogens with zero attached hydrogens (tertiary/aromatic N) is 1. The molecule has 0 unspecified atom stereocenters. The molecule has 2 aromatic heterocycles. The van der Waals surface area contributed by atoms with E-state index in [1.807, 2.05) is 19.1 Å². The number of rotatable bonds is 5. The van der Waals surface area contributed by atoms with E-state index in [4.69, 9.17) is 4.42 Å². The van der Waals surface area contributed by atoms with Crippen LogP contribution in [0.4, 0.5) is 0 Å². The van der Waals surface area contributed by atoms with Gasteiger partial charge in [0.15, 0.2) is 10.8 Å². The Bertz CT molecular complexity index is 555. The van der Waals surface area contributed by atoms with Gasteiger partial charge < -0.3 is 9.73 Å². The van der Waals surface area contributed by atoms with Crippen LogP contribution in [0.3, 0.4) is 0 Å². The van der Waals surface area contributed by atoms with Gasteiger partial charge in [0.2, 0.25) is 0 Å². The minimum atomic E-state index is -0.112. The zero-order valence-electron chi connectivity index (χ0n) is 11.4. The molecule has 2 aromatic rings. The van der Waals surface area contributed by atoms with E-state index in [1.165, 1.54) is 11.3 Å². The molecule has 102 valence electrons. The Morgan fingerprint density at radius 1 is 1.42 bits per heavy atom. The van der Waals surface area contributed by atoms with Gasteiger partial charge in [0, 0.05) is 11.4 Å². The van der Waals surface area contributed by atoms with Crippen molar-refractivity contribution in [3.8, 4) is 10.8 Å². The Morgan fingerprint density at radius 3 is 2.74 bits per heavy atom. The Labute approximate surface area is 116 Å². The molecule has 4 nitrogen and oxygen atoms in total. The first-order chi connectivity index (χ1) is 9.13. The van der Waals surface area contributed by atoms with Crippen LogP contribution < -0.4 is 5.32 Å². The number of amides is 1. The molecule has 0 fully saturated rings. The van der Waals surface area contributed by atoms with Crippen LogP contribution in [0.5, 0.6) is 0 Å². The van der Waals surface area contributed by atoms with Gasteiger partial charge in [-0.05, 0) is 31.9 Å². The van der Waals surface area contributed by atoms with E-state index in [0.29, 0.717) is 11.5 Å². The van der Waals surface area contributed by atoms with E-state index in [1.54, 1.807) is 5.38 Å². The molecule has 0 saturated carbocycles. The maximum atomic E-state index is 12.0. The first kappa shape index (κ1) is 13.8. The second-order valence-corrected chi connectivity index (χ2v) is 5.29. The summed E-state index contributed by atoms with van der Waals surface area (Å²) < 4.78 is 5.50. The topological polar surface area (TPSA) is 55.1 Å².